The Bertz CT molecular complexity index is 1080. The Morgan fingerprint density at radius 1 is 1.06 bits per heavy atom. The molecule has 1 N–H and O–H groups in total. The number of ketones is 1. The zero-order valence-electron chi connectivity index (χ0n) is 16.6. The Balaban J connectivity index is 1.18. The zero-order chi connectivity index (χ0) is 21.5. The van der Waals surface area contributed by atoms with Crippen molar-refractivity contribution in [3.05, 3.63) is 47.8 Å². The molecular formula is C22H20FN3O5. The van der Waals surface area contributed by atoms with Gasteiger partial charge in [0.05, 0.1) is 17.9 Å². The summed E-state index contributed by atoms with van der Waals surface area (Å²) in [6.07, 6.45) is 1.26. The Hall–Kier alpha value is -3.46. The van der Waals surface area contributed by atoms with E-state index < -0.39 is 17.5 Å². The van der Waals surface area contributed by atoms with Crippen molar-refractivity contribution in [2.45, 2.75) is 12.8 Å². The molecule has 3 heterocycles. The van der Waals surface area contributed by atoms with E-state index in [0.717, 1.165) is 6.07 Å². The van der Waals surface area contributed by atoms with Crippen LogP contribution in [0.4, 0.5) is 15.8 Å². The van der Waals surface area contributed by atoms with Crippen LogP contribution in [0.2, 0.25) is 0 Å². The molecule has 9 heteroatoms. The summed E-state index contributed by atoms with van der Waals surface area (Å²) >= 11 is 0. The molecule has 160 valence electrons. The van der Waals surface area contributed by atoms with Crippen molar-refractivity contribution in [3.63, 3.8) is 0 Å². The molecule has 31 heavy (non-hydrogen) atoms. The molecule has 1 saturated heterocycles. The van der Waals surface area contributed by atoms with E-state index in [4.69, 9.17) is 9.47 Å². The molecule has 0 saturated carbocycles. The first-order valence-corrected chi connectivity index (χ1v) is 10.1. The SMILES string of the molecule is O=C1C(=O)N(CN2CCC(C(=O)Nc3ccc4c(c3)OCO4)CC2)c2ccc(F)cc21. The maximum absolute atomic E-state index is 13.4. The topological polar surface area (TPSA) is 88.2 Å². The molecule has 0 aliphatic carbocycles. The minimum atomic E-state index is -0.688. The van der Waals surface area contributed by atoms with Gasteiger partial charge in [-0.3, -0.25) is 24.2 Å². The molecule has 1 fully saturated rings. The molecule has 8 nitrogen and oxygen atoms in total. The van der Waals surface area contributed by atoms with Gasteiger partial charge < -0.3 is 14.8 Å². The number of ether oxygens (including phenoxy) is 2. The summed E-state index contributed by atoms with van der Waals surface area (Å²) < 4.78 is 24.1. The Kier molecular flexibility index (Phi) is 4.82. The molecule has 5 rings (SSSR count). The number of nitrogens with one attached hydrogen (secondary N) is 1. The van der Waals surface area contributed by atoms with E-state index in [1.54, 1.807) is 18.2 Å². The summed E-state index contributed by atoms with van der Waals surface area (Å²) in [6.45, 7) is 1.62. The van der Waals surface area contributed by atoms with Crippen LogP contribution in [0.15, 0.2) is 36.4 Å². The molecule has 0 bridgehead atoms. The van der Waals surface area contributed by atoms with Gasteiger partial charge in [0, 0.05) is 30.8 Å². The molecule has 3 aliphatic heterocycles. The van der Waals surface area contributed by atoms with E-state index in [9.17, 15) is 18.8 Å². The van der Waals surface area contributed by atoms with Crippen LogP contribution in [0.1, 0.15) is 23.2 Å². The lowest BCUT2D eigenvalue weighted by Gasteiger charge is -2.33. The van der Waals surface area contributed by atoms with Gasteiger partial charge in [-0.25, -0.2) is 4.39 Å². The maximum atomic E-state index is 13.4. The number of piperidine rings is 1. The Labute approximate surface area is 177 Å². The molecule has 0 atom stereocenters. The number of carbonyl (C=O) groups excluding carboxylic acids is 3. The average molecular weight is 425 g/mol. The van der Waals surface area contributed by atoms with Crippen LogP contribution in [0.3, 0.4) is 0 Å². The number of carbonyl (C=O) groups is 3. The third-order valence-electron chi connectivity index (χ3n) is 5.87. The second-order valence-corrected chi connectivity index (χ2v) is 7.81. The van der Waals surface area contributed by atoms with Gasteiger partial charge in [-0.15, -0.1) is 0 Å². The van der Waals surface area contributed by atoms with Crippen LogP contribution in [0.25, 0.3) is 0 Å². The predicted molar refractivity (Wildman–Crippen MR) is 109 cm³/mol. The number of hydrogen-bond acceptors (Lipinski definition) is 6. The van der Waals surface area contributed by atoms with Crippen LogP contribution < -0.4 is 19.7 Å². The van der Waals surface area contributed by atoms with E-state index in [-0.39, 0.29) is 30.9 Å². The summed E-state index contributed by atoms with van der Waals surface area (Å²) in [7, 11) is 0. The van der Waals surface area contributed by atoms with Crippen LogP contribution in [-0.2, 0) is 9.59 Å². The Morgan fingerprint density at radius 3 is 2.65 bits per heavy atom. The lowest BCUT2D eigenvalue weighted by molar-refractivity contribution is -0.121. The third kappa shape index (κ3) is 3.61. The number of fused-ring (bicyclic) bond motifs is 2. The van der Waals surface area contributed by atoms with Crippen molar-refractivity contribution in [3.8, 4) is 11.5 Å². The highest BCUT2D eigenvalue weighted by molar-refractivity contribution is 6.52. The van der Waals surface area contributed by atoms with Gasteiger partial charge in [-0.2, -0.15) is 0 Å². The molecule has 0 aromatic heterocycles. The monoisotopic (exact) mass is 425 g/mol. The number of hydrogen-bond donors (Lipinski definition) is 1. The summed E-state index contributed by atoms with van der Waals surface area (Å²) in [5, 5.41) is 2.92. The normalized spacial score (nSPS) is 18.4. The van der Waals surface area contributed by atoms with Crippen molar-refractivity contribution >= 4 is 29.0 Å². The standard InChI is InChI=1S/C22H20FN3O5/c23-14-1-3-17-16(9-14)20(27)22(29)26(17)11-25-7-5-13(6-8-25)21(28)24-15-2-4-18-19(10-15)31-12-30-18/h1-4,9-10,13H,5-8,11-12H2,(H,24,28). The van der Waals surface area contributed by atoms with Crippen molar-refractivity contribution in [1.82, 2.24) is 4.90 Å². The highest BCUT2D eigenvalue weighted by Gasteiger charge is 2.37. The van der Waals surface area contributed by atoms with Gasteiger partial charge in [-0.1, -0.05) is 0 Å². The number of likely N-dealkylation sites (tertiary alicyclic amines) is 1. The van der Waals surface area contributed by atoms with Crippen molar-refractivity contribution in [2.24, 2.45) is 5.92 Å². The first kappa shape index (κ1) is 19.5. The second kappa shape index (κ2) is 7.66. The summed E-state index contributed by atoms with van der Waals surface area (Å²) in [4.78, 5) is 40.6. The summed E-state index contributed by atoms with van der Waals surface area (Å²) in [6, 6.07) is 9.08. The smallest absolute Gasteiger partial charge is 0.300 e. The highest BCUT2D eigenvalue weighted by Crippen LogP contribution is 2.35. The van der Waals surface area contributed by atoms with E-state index in [0.29, 0.717) is 48.8 Å². The number of benzene rings is 2. The largest absolute Gasteiger partial charge is 0.454 e. The number of anilines is 2. The van der Waals surface area contributed by atoms with Gasteiger partial charge >= 0.3 is 5.91 Å². The second-order valence-electron chi connectivity index (χ2n) is 7.81. The number of Topliss-reactive ketones (excluding diaryl/α,β-unsaturated/α-hetero) is 1. The van der Waals surface area contributed by atoms with Gasteiger partial charge in [0.15, 0.2) is 11.5 Å². The fourth-order valence-corrected chi connectivity index (χ4v) is 4.17. The number of halogens is 1. The first-order chi connectivity index (χ1) is 15.0. The van der Waals surface area contributed by atoms with Crippen LogP contribution in [0.5, 0.6) is 11.5 Å². The highest BCUT2D eigenvalue weighted by atomic mass is 19.1. The van der Waals surface area contributed by atoms with Gasteiger partial charge in [0.2, 0.25) is 12.7 Å². The third-order valence-corrected chi connectivity index (χ3v) is 5.87. The van der Waals surface area contributed by atoms with Crippen molar-refractivity contribution in [1.29, 1.82) is 0 Å². The minimum Gasteiger partial charge on any atom is -0.454 e. The number of nitrogens with zero attached hydrogens (tertiary/aromatic N) is 2. The molecule has 2 aromatic rings. The van der Waals surface area contributed by atoms with Crippen LogP contribution >= 0.6 is 0 Å². The average Bonchev–Trinajstić information content (AvgIpc) is 3.33. The lowest BCUT2D eigenvalue weighted by atomic mass is 9.96. The quantitative estimate of drug-likeness (QED) is 0.757. The number of rotatable bonds is 4. The molecule has 0 spiro atoms. The molecular weight excluding hydrogens is 405 g/mol. The molecule has 0 unspecified atom stereocenters. The molecule has 3 aliphatic rings. The fraction of sp³-hybridized carbons (Fsp3) is 0.318. The van der Waals surface area contributed by atoms with E-state index in [1.165, 1.54) is 17.0 Å². The first-order valence-electron chi connectivity index (χ1n) is 10.1. The predicted octanol–water partition coefficient (Wildman–Crippen LogP) is 2.39. The fourth-order valence-electron chi connectivity index (χ4n) is 4.17. The van der Waals surface area contributed by atoms with Gasteiger partial charge in [0.1, 0.15) is 5.82 Å². The molecule has 2 aromatic carbocycles. The summed E-state index contributed by atoms with van der Waals surface area (Å²) in [5.74, 6) is -0.833. The minimum absolute atomic E-state index is 0.0632. The van der Waals surface area contributed by atoms with Gasteiger partial charge in [0.25, 0.3) is 5.78 Å². The van der Waals surface area contributed by atoms with E-state index in [1.807, 2.05) is 4.90 Å². The van der Waals surface area contributed by atoms with Crippen molar-refractivity contribution in [2.75, 3.05) is 36.8 Å². The molecule has 0 radical (unpaired) electrons. The van der Waals surface area contributed by atoms with Crippen LogP contribution in [-0.4, -0.2) is 49.0 Å². The lowest BCUT2D eigenvalue weighted by Crippen LogP contribution is -2.45. The number of amides is 2. The maximum Gasteiger partial charge on any atom is 0.300 e. The van der Waals surface area contributed by atoms with E-state index >= 15 is 0 Å². The zero-order valence-corrected chi connectivity index (χ0v) is 16.6. The van der Waals surface area contributed by atoms with Crippen LogP contribution in [0, 0.1) is 11.7 Å². The van der Waals surface area contributed by atoms with Crippen molar-refractivity contribution < 1.29 is 28.2 Å². The van der Waals surface area contributed by atoms with E-state index in [2.05, 4.69) is 5.32 Å². The molecule has 2 amide bonds. The van der Waals surface area contributed by atoms with Gasteiger partial charge in [-0.05, 0) is 43.2 Å². The Morgan fingerprint density at radius 2 is 1.84 bits per heavy atom. The summed E-state index contributed by atoms with van der Waals surface area (Å²) in [5.41, 5.74) is 1.18.